The molecule has 0 spiro atoms. The van der Waals surface area contributed by atoms with Gasteiger partial charge in [-0.15, -0.1) is 0 Å². The van der Waals surface area contributed by atoms with Crippen molar-refractivity contribution >= 4 is 11.5 Å². The van der Waals surface area contributed by atoms with Crippen molar-refractivity contribution in [2.24, 2.45) is 0 Å². The van der Waals surface area contributed by atoms with Gasteiger partial charge < -0.3 is 15.4 Å². The summed E-state index contributed by atoms with van der Waals surface area (Å²) in [6.45, 7) is 7.62. The van der Waals surface area contributed by atoms with Crippen molar-refractivity contribution in [1.82, 2.24) is 4.98 Å². The van der Waals surface area contributed by atoms with E-state index in [0.717, 1.165) is 17.9 Å². The Kier molecular flexibility index (Phi) is 4.55. The first kappa shape index (κ1) is 12.8. The molecule has 0 atom stereocenters. The standard InChI is InChI=1S/C12H21N3O/c1-9(2)16-6-5-15(4)12-10(3)7-11(13)8-14-12/h7-9H,5-6,13H2,1-4H3. The molecule has 1 aromatic rings. The van der Waals surface area contributed by atoms with Gasteiger partial charge in [0.25, 0.3) is 0 Å². The van der Waals surface area contributed by atoms with Gasteiger partial charge in [-0.2, -0.15) is 0 Å². The summed E-state index contributed by atoms with van der Waals surface area (Å²) in [6, 6.07) is 1.93. The van der Waals surface area contributed by atoms with E-state index >= 15 is 0 Å². The van der Waals surface area contributed by atoms with Gasteiger partial charge in [-0.1, -0.05) is 0 Å². The number of ether oxygens (including phenoxy) is 1. The van der Waals surface area contributed by atoms with E-state index in [1.807, 2.05) is 33.9 Å². The van der Waals surface area contributed by atoms with E-state index in [-0.39, 0.29) is 6.10 Å². The average molecular weight is 223 g/mol. The monoisotopic (exact) mass is 223 g/mol. The molecule has 1 heterocycles. The second-order valence-corrected chi connectivity index (χ2v) is 4.25. The highest BCUT2D eigenvalue weighted by molar-refractivity contribution is 5.52. The molecule has 0 amide bonds. The number of nitrogen functional groups attached to an aromatic ring is 1. The van der Waals surface area contributed by atoms with Crippen molar-refractivity contribution in [2.75, 3.05) is 30.8 Å². The number of rotatable bonds is 5. The lowest BCUT2D eigenvalue weighted by Gasteiger charge is -2.20. The van der Waals surface area contributed by atoms with Crippen LogP contribution in [0.25, 0.3) is 0 Å². The topological polar surface area (TPSA) is 51.4 Å². The fourth-order valence-electron chi connectivity index (χ4n) is 1.52. The first-order valence-electron chi connectivity index (χ1n) is 5.55. The molecule has 1 aromatic heterocycles. The maximum absolute atomic E-state index is 5.66. The minimum Gasteiger partial charge on any atom is -0.397 e. The maximum Gasteiger partial charge on any atom is 0.131 e. The van der Waals surface area contributed by atoms with Crippen LogP contribution in [-0.2, 0) is 4.74 Å². The van der Waals surface area contributed by atoms with Gasteiger partial charge in [0.2, 0.25) is 0 Å². The Morgan fingerprint density at radius 2 is 2.19 bits per heavy atom. The molecule has 0 saturated carbocycles. The van der Waals surface area contributed by atoms with Gasteiger partial charge in [-0.3, -0.25) is 0 Å². The highest BCUT2D eigenvalue weighted by atomic mass is 16.5. The number of aryl methyl sites for hydroxylation is 1. The molecule has 0 unspecified atom stereocenters. The molecule has 4 nitrogen and oxygen atoms in total. The van der Waals surface area contributed by atoms with Crippen LogP contribution in [-0.4, -0.2) is 31.3 Å². The number of nitrogens with zero attached hydrogens (tertiary/aromatic N) is 2. The Morgan fingerprint density at radius 1 is 1.50 bits per heavy atom. The minimum atomic E-state index is 0.272. The van der Waals surface area contributed by atoms with Crippen LogP contribution in [0.15, 0.2) is 12.3 Å². The summed E-state index contributed by atoms with van der Waals surface area (Å²) in [4.78, 5) is 6.40. The highest BCUT2D eigenvalue weighted by Crippen LogP contribution is 2.17. The van der Waals surface area contributed by atoms with E-state index in [9.17, 15) is 0 Å². The summed E-state index contributed by atoms with van der Waals surface area (Å²) in [5.74, 6) is 0.960. The van der Waals surface area contributed by atoms with Crippen molar-refractivity contribution in [3.63, 3.8) is 0 Å². The molecule has 90 valence electrons. The van der Waals surface area contributed by atoms with Crippen molar-refractivity contribution < 1.29 is 4.74 Å². The first-order valence-corrected chi connectivity index (χ1v) is 5.55. The molecule has 0 bridgehead atoms. The third-order valence-electron chi connectivity index (χ3n) is 2.31. The van der Waals surface area contributed by atoms with Gasteiger partial charge in [-0.05, 0) is 32.4 Å². The van der Waals surface area contributed by atoms with E-state index < -0.39 is 0 Å². The summed E-state index contributed by atoms with van der Waals surface area (Å²) in [7, 11) is 2.01. The normalized spacial score (nSPS) is 10.8. The maximum atomic E-state index is 5.66. The summed E-state index contributed by atoms with van der Waals surface area (Å²) in [5.41, 5.74) is 7.45. The van der Waals surface area contributed by atoms with Crippen LogP contribution in [0, 0.1) is 6.92 Å². The zero-order valence-corrected chi connectivity index (χ0v) is 10.5. The number of anilines is 2. The SMILES string of the molecule is Cc1cc(N)cnc1N(C)CCOC(C)C. The van der Waals surface area contributed by atoms with E-state index in [0.29, 0.717) is 12.3 Å². The molecule has 16 heavy (non-hydrogen) atoms. The van der Waals surface area contributed by atoms with Gasteiger partial charge in [0.05, 0.1) is 24.6 Å². The van der Waals surface area contributed by atoms with Gasteiger partial charge in [0, 0.05) is 13.6 Å². The van der Waals surface area contributed by atoms with Crippen LogP contribution < -0.4 is 10.6 Å². The van der Waals surface area contributed by atoms with E-state index in [1.54, 1.807) is 6.20 Å². The number of likely N-dealkylation sites (N-methyl/N-ethyl adjacent to an activating group) is 1. The highest BCUT2D eigenvalue weighted by Gasteiger charge is 2.06. The van der Waals surface area contributed by atoms with E-state index in [1.165, 1.54) is 0 Å². The number of pyridine rings is 1. The lowest BCUT2D eigenvalue weighted by Crippen LogP contribution is -2.25. The number of aromatic nitrogens is 1. The van der Waals surface area contributed by atoms with Gasteiger partial charge >= 0.3 is 0 Å². The lowest BCUT2D eigenvalue weighted by atomic mass is 10.2. The van der Waals surface area contributed by atoms with Crippen LogP contribution in [0.2, 0.25) is 0 Å². The molecular weight excluding hydrogens is 202 g/mol. The number of nitrogens with two attached hydrogens (primary N) is 1. The first-order chi connectivity index (χ1) is 7.50. The molecule has 0 aliphatic carbocycles. The van der Waals surface area contributed by atoms with Crippen LogP contribution in [0.1, 0.15) is 19.4 Å². The summed E-state index contributed by atoms with van der Waals surface area (Å²) < 4.78 is 5.50. The van der Waals surface area contributed by atoms with Gasteiger partial charge in [-0.25, -0.2) is 4.98 Å². The fourth-order valence-corrected chi connectivity index (χ4v) is 1.52. The van der Waals surface area contributed by atoms with Gasteiger partial charge in [0.15, 0.2) is 0 Å². The molecule has 0 aliphatic heterocycles. The molecule has 4 heteroatoms. The van der Waals surface area contributed by atoms with Crippen LogP contribution >= 0.6 is 0 Å². The largest absolute Gasteiger partial charge is 0.397 e. The molecule has 0 aromatic carbocycles. The number of hydrogen-bond donors (Lipinski definition) is 1. The van der Waals surface area contributed by atoms with E-state index in [4.69, 9.17) is 10.5 Å². The summed E-state index contributed by atoms with van der Waals surface area (Å²) in [6.07, 6.45) is 1.95. The summed E-state index contributed by atoms with van der Waals surface area (Å²) >= 11 is 0. The molecule has 0 fully saturated rings. The zero-order chi connectivity index (χ0) is 12.1. The third kappa shape index (κ3) is 3.70. The van der Waals surface area contributed by atoms with Crippen molar-refractivity contribution in [1.29, 1.82) is 0 Å². The van der Waals surface area contributed by atoms with E-state index in [2.05, 4.69) is 9.88 Å². The predicted octanol–water partition coefficient (Wildman–Crippen LogP) is 1.83. The third-order valence-corrected chi connectivity index (χ3v) is 2.31. The van der Waals surface area contributed by atoms with Crippen molar-refractivity contribution in [3.05, 3.63) is 17.8 Å². The molecule has 0 aliphatic rings. The smallest absolute Gasteiger partial charge is 0.131 e. The zero-order valence-electron chi connectivity index (χ0n) is 10.5. The summed E-state index contributed by atoms with van der Waals surface area (Å²) in [5, 5.41) is 0. The Bertz CT molecular complexity index is 339. The molecule has 2 N–H and O–H groups in total. The second-order valence-electron chi connectivity index (χ2n) is 4.25. The molecule has 1 rings (SSSR count). The Morgan fingerprint density at radius 3 is 2.75 bits per heavy atom. The lowest BCUT2D eigenvalue weighted by molar-refractivity contribution is 0.0845. The second kappa shape index (κ2) is 5.70. The van der Waals surface area contributed by atoms with Crippen LogP contribution in [0.5, 0.6) is 0 Å². The number of hydrogen-bond acceptors (Lipinski definition) is 4. The van der Waals surface area contributed by atoms with Crippen LogP contribution in [0.4, 0.5) is 11.5 Å². The quantitative estimate of drug-likeness (QED) is 0.827. The Hall–Kier alpha value is -1.29. The average Bonchev–Trinajstić information content (AvgIpc) is 2.16. The molecular formula is C12H21N3O. The molecule has 0 saturated heterocycles. The fraction of sp³-hybridized carbons (Fsp3) is 0.583. The Balaban J connectivity index is 2.55. The van der Waals surface area contributed by atoms with Crippen LogP contribution in [0.3, 0.4) is 0 Å². The Labute approximate surface area is 97.4 Å². The van der Waals surface area contributed by atoms with Crippen molar-refractivity contribution in [3.8, 4) is 0 Å². The molecule has 0 radical (unpaired) electrons. The van der Waals surface area contributed by atoms with Crippen molar-refractivity contribution in [2.45, 2.75) is 26.9 Å². The predicted molar refractivity (Wildman–Crippen MR) is 67.7 cm³/mol. The minimum absolute atomic E-state index is 0.272. The van der Waals surface area contributed by atoms with Gasteiger partial charge in [0.1, 0.15) is 5.82 Å².